The Kier molecular flexibility index (Phi) is 6.03. The maximum atomic E-state index is 12.0. The predicted octanol–water partition coefficient (Wildman–Crippen LogP) is 1.70. The van der Waals surface area contributed by atoms with Crippen molar-refractivity contribution in [2.45, 2.75) is 20.8 Å². The van der Waals surface area contributed by atoms with Crippen LogP contribution < -0.4 is 4.74 Å². The van der Waals surface area contributed by atoms with Gasteiger partial charge in [0.2, 0.25) is 0 Å². The fourth-order valence-corrected chi connectivity index (χ4v) is 1.85. The van der Waals surface area contributed by atoms with Crippen LogP contribution in [0.5, 0.6) is 5.75 Å². The highest BCUT2D eigenvalue weighted by molar-refractivity contribution is 5.83. The second-order valence-corrected chi connectivity index (χ2v) is 4.60. The molecule has 110 valence electrons. The zero-order valence-electron chi connectivity index (χ0n) is 12.4. The third-order valence-corrected chi connectivity index (χ3v) is 2.84. The van der Waals surface area contributed by atoms with Gasteiger partial charge in [-0.05, 0) is 44.0 Å². The molecule has 5 nitrogen and oxygen atoms in total. The fraction of sp³-hybridized carbons (Fsp3) is 0.467. The number of likely N-dealkylation sites (N-methyl/N-ethyl adjacent to an activating group) is 1. The number of esters is 1. The Morgan fingerprint density at radius 1 is 1.15 bits per heavy atom. The molecule has 0 N–H and O–H groups in total. The van der Waals surface area contributed by atoms with Gasteiger partial charge in [-0.3, -0.25) is 9.59 Å². The number of nitrogens with zero attached hydrogens (tertiary/aromatic N) is 1. The molecule has 0 unspecified atom stereocenters. The monoisotopic (exact) mass is 279 g/mol. The number of ether oxygens (including phenoxy) is 2. The van der Waals surface area contributed by atoms with E-state index in [0.717, 1.165) is 11.1 Å². The Morgan fingerprint density at radius 2 is 1.75 bits per heavy atom. The highest BCUT2D eigenvalue weighted by atomic mass is 16.5. The second-order valence-electron chi connectivity index (χ2n) is 4.60. The summed E-state index contributed by atoms with van der Waals surface area (Å²) in [7, 11) is 1.30. The Hall–Kier alpha value is -2.04. The van der Waals surface area contributed by atoms with Gasteiger partial charge in [-0.1, -0.05) is 6.07 Å². The molecular weight excluding hydrogens is 258 g/mol. The van der Waals surface area contributed by atoms with Gasteiger partial charge in [-0.15, -0.1) is 0 Å². The summed E-state index contributed by atoms with van der Waals surface area (Å²) in [5.41, 5.74) is 2.16. The van der Waals surface area contributed by atoms with E-state index in [1.807, 2.05) is 32.0 Å². The Bertz CT molecular complexity index is 465. The van der Waals surface area contributed by atoms with Crippen molar-refractivity contribution in [3.63, 3.8) is 0 Å². The van der Waals surface area contributed by atoms with E-state index in [-0.39, 0.29) is 19.1 Å². The van der Waals surface area contributed by atoms with Gasteiger partial charge in [0.1, 0.15) is 12.3 Å². The van der Waals surface area contributed by atoms with E-state index in [1.165, 1.54) is 12.0 Å². The number of methoxy groups -OCH3 is 1. The molecule has 0 fully saturated rings. The Labute approximate surface area is 119 Å². The smallest absolute Gasteiger partial charge is 0.325 e. The quantitative estimate of drug-likeness (QED) is 0.744. The standard InChI is InChI=1S/C15H21NO4/c1-5-16(9-15(18)19-4)14(17)10-20-13-7-11(2)6-12(3)8-13/h6-8H,5,9-10H2,1-4H3. The molecule has 0 heterocycles. The van der Waals surface area contributed by atoms with Gasteiger partial charge < -0.3 is 14.4 Å². The maximum Gasteiger partial charge on any atom is 0.325 e. The van der Waals surface area contributed by atoms with Crippen molar-refractivity contribution in [1.82, 2.24) is 4.90 Å². The third-order valence-electron chi connectivity index (χ3n) is 2.84. The van der Waals surface area contributed by atoms with Crippen molar-refractivity contribution < 1.29 is 19.1 Å². The molecule has 0 aromatic heterocycles. The van der Waals surface area contributed by atoms with Crippen LogP contribution in [0.4, 0.5) is 0 Å². The first-order valence-corrected chi connectivity index (χ1v) is 6.52. The summed E-state index contributed by atoms with van der Waals surface area (Å²) in [4.78, 5) is 24.6. The van der Waals surface area contributed by atoms with E-state index in [0.29, 0.717) is 12.3 Å². The minimum atomic E-state index is -0.438. The van der Waals surface area contributed by atoms with E-state index in [2.05, 4.69) is 4.74 Å². The summed E-state index contributed by atoms with van der Waals surface area (Å²) >= 11 is 0. The SMILES string of the molecule is CCN(CC(=O)OC)C(=O)COc1cc(C)cc(C)c1. The van der Waals surface area contributed by atoms with Gasteiger partial charge >= 0.3 is 5.97 Å². The number of hydrogen-bond acceptors (Lipinski definition) is 4. The number of aryl methyl sites for hydroxylation is 2. The van der Waals surface area contributed by atoms with Crippen molar-refractivity contribution >= 4 is 11.9 Å². The molecular formula is C15H21NO4. The van der Waals surface area contributed by atoms with Crippen LogP contribution in [0.3, 0.4) is 0 Å². The van der Waals surface area contributed by atoms with E-state index in [9.17, 15) is 9.59 Å². The molecule has 1 aromatic rings. The van der Waals surface area contributed by atoms with Crippen molar-refractivity contribution in [3.8, 4) is 5.75 Å². The Balaban J connectivity index is 2.58. The summed E-state index contributed by atoms with van der Waals surface area (Å²) in [6, 6.07) is 5.78. The summed E-state index contributed by atoms with van der Waals surface area (Å²) in [6.07, 6.45) is 0. The van der Waals surface area contributed by atoms with Crippen LogP contribution in [0.25, 0.3) is 0 Å². The fourth-order valence-electron chi connectivity index (χ4n) is 1.85. The highest BCUT2D eigenvalue weighted by Crippen LogP contribution is 2.16. The molecule has 0 aliphatic rings. The molecule has 0 radical (unpaired) electrons. The van der Waals surface area contributed by atoms with Crippen LogP contribution in [0.2, 0.25) is 0 Å². The van der Waals surface area contributed by atoms with Gasteiger partial charge in [0.15, 0.2) is 6.61 Å². The number of amides is 1. The van der Waals surface area contributed by atoms with Crippen LogP contribution in [-0.4, -0.2) is 43.6 Å². The van der Waals surface area contributed by atoms with Crippen LogP contribution in [0.1, 0.15) is 18.1 Å². The van der Waals surface area contributed by atoms with Crippen molar-refractivity contribution in [2.24, 2.45) is 0 Å². The van der Waals surface area contributed by atoms with Crippen molar-refractivity contribution in [1.29, 1.82) is 0 Å². The van der Waals surface area contributed by atoms with Gasteiger partial charge in [0.25, 0.3) is 5.91 Å². The first-order valence-electron chi connectivity index (χ1n) is 6.52. The predicted molar refractivity (Wildman–Crippen MR) is 75.7 cm³/mol. The number of carbonyl (C=O) groups is 2. The van der Waals surface area contributed by atoms with Crippen molar-refractivity contribution in [3.05, 3.63) is 29.3 Å². The zero-order valence-corrected chi connectivity index (χ0v) is 12.4. The van der Waals surface area contributed by atoms with Crippen LogP contribution in [0.15, 0.2) is 18.2 Å². The molecule has 0 atom stereocenters. The lowest BCUT2D eigenvalue weighted by molar-refractivity contribution is -0.147. The van der Waals surface area contributed by atoms with Gasteiger partial charge in [-0.25, -0.2) is 0 Å². The normalized spacial score (nSPS) is 10.0. The lowest BCUT2D eigenvalue weighted by atomic mass is 10.1. The highest BCUT2D eigenvalue weighted by Gasteiger charge is 2.16. The molecule has 0 aliphatic heterocycles. The average molecular weight is 279 g/mol. The minimum Gasteiger partial charge on any atom is -0.484 e. The summed E-state index contributed by atoms with van der Waals surface area (Å²) < 4.78 is 10.0. The molecule has 5 heteroatoms. The number of benzene rings is 1. The van der Waals surface area contributed by atoms with Gasteiger partial charge in [0.05, 0.1) is 7.11 Å². The molecule has 0 bridgehead atoms. The first-order chi connectivity index (χ1) is 9.46. The second kappa shape index (κ2) is 7.53. The molecule has 20 heavy (non-hydrogen) atoms. The average Bonchev–Trinajstić information content (AvgIpc) is 2.40. The summed E-state index contributed by atoms with van der Waals surface area (Å²) in [5.74, 6) is -0.0198. The summed E-state index contributed by atoms with van der Waals surface area (Å²) in [6.45, 7) is 6.03. The van der Waals surface area contributed by atoms with Crippen LogP contribution in [0, 0.1) is 13.8 Å². The lowest BCUT2D eigenvalue weighted by Crippen LogP contribution is -2.38. The first kappa shape index (κ1) is 16.0. The molecule has 0 saturated carbocycles. The van der Waals surface area contributed by atoms with Crippen LogP contribution in [-0.2, 0) is 14.3 Å². The third kappa shape index (κ3) is 4.91. The van der Waals surface area contributed by atoms with Gasteiger partial charge in [-0.2, -0.15) is 0 Å². The summed E-state index contributed by atoms with van der Waals surface area (Å²) in [5, 5.41) is 0. The minimum absolute atomic E-state index is 0.0535. The van der Waals surface area contributed by atoms with E-state index >= 15 is 0 Å². The largest absolute Gasteiger partial charge is 0.484 e. The molecule has 0 spiro atoms. The topological polar surface area (TPSA) is 55.8 Å². The van der Waals surface area contributed by atoms with E-state index in [1.54, 1.807) is 6.92 Å². The Morgan fingerprint density at radius 3 is 2.25 bits per heavy atom. The number of carbonyl (C=O) groups excluding carboxylic acids is 2. The molecule has 1 amide bonds. The molecule has 0 aliphatic carbocycles. The van der Waals surface area contributed by atoms with Crippen LogP contribution >= 0.6 is 0 Å². The lowest BCUT2D eigenvalue weighted by Gasteiger charge is -2.19. The number of hydrogen-bond donors (Lipinski definition) is 0. The molecule has 0 saturated heterocycles. The van der Waals surface area contributed by atoms with Gasteiger partial charge in [0, 0.05) is 6.54 Å². The van der Waals surface area contributed by atoms with E-state index < -0.39 is 5.97 Å². The zero-order chi connectivity index (χ0) is 15.1. The van der Waals surface area contributed by atoms with Crippen molar-refractivity contribution in [2.75, 3.05) is 26.8 Å². The van der Waals surface area contributed by atoms with E-state index in [4.69, 9.17) is 4.74 Å². The maximum absolute atomic E-state index is 12.0. The molecule has 1 aromatic carbocycles. The molecule has 1 rings (SSSR count). The number of rotatable bonds is 6.